The van der Waals surface area contributed by atoms with Crippen LogP contribution in [0.1, 0.15) is 77.6 Å². The highest BCUT2D eigenvalue weighted by atomic mass is 16.3. The van der Waals surface area contributed by atoms with E-state index >= 15 is 0 Å². The van der Waals surface area contributed by atoms with Gasteiger partial charge in [-0.1, -0.05) is 24.3 Å². The number of nitrogen functional groups attached to an aromatic ring is 1. The van der Waals surface area contributed by atoms with Crippen molar-refractivity contribution in [1.82, 2.24) is 30.2 Å². The minimum absolute atomic E-state index is 0.01000. The number of piperidine rings is 3. The van der Waals surface area contributed by atoms with Crippen LogP contribution in [0.4, 0.5) is 22.9 Å². The molecule has 0 aliphatic carbocycles. The molecule has 64 heavy (non-hydrogen) atoms. The average molecular weight is 867 g/mol. The van der Waals surface area contributed by atoms with Gasteiger partial charge < -0.3 is 30.4 Å². The van der Waals surface area contributed by atoms with Gasteiger partial charge in [0.05, 0.1) is 22.5 Å². The maximum Gasteiger partial charge on any atom is 0.262 e. The number of nitrogens with zero attached hydrogens (tertiary/aromatic N) is 8. The van der Waals surface area contributed by atoms with Crippen molar-refractivity contribution in [2.24, 2.45) is 5.92 Å². The van der Waals surface area contributed by atoms with Crippen molar-refractivity contribution >= 4 is 52.4 Å². The Labute approximate surface area is 372 Å². The SMILES string of the molecule is CN(C(=O)C1CCN(Cc2cccc(N3C4CCC3CN(c3cc(-c5ccccc5O)nnc3N)C4)c2)CC1)C1CCN(c2ccc3c(c2)C(=O)N(C2CCC(=O)NC2=O)C3=O)CC1. The van der Waals surface area contributed by atoms with Crippen molar-refractivity contribution in [2.45, 2.75) is 82.1 Å². The maximum atomic E-state index is 13.9. The molecule has 3 unspecified atom stereocenters. The van der Waals surface area contributed by atoms with E-state index in [0.717, 1.165) is 87.5 Å². The highest BCUT2D eigenvalue weighted by Gasteiger charge is 2.45. The lowest BCUT2D eigenvalue weighted by Crippen LogP contribution is -2.54. The highest BCUT2D eigenvalue weighted by Crippen LogP contribution is 2.40. The number of nitrogens with two attached hydrogens (primary N) is 1. The molecule has 6 aliphatic heterocycles. The fourth-order valence-electron chi connectivity index (χ4n) is 11.0. The first kappa shape index (κ1) is 41.5. The van der Waals surface area contributed by atoms with E-state index in [1.807, 2.05) is 36.2 Å². The zero-order chi connectivity index (χ0) is 44.2. The second-order valence-corrected chi connectivity index (χ2v) is 18.3. The number of rotatable bonds is 9. The van der Waals surface area contributed by atoms with Crippen molar-refractivity contribution in [3.63, 3.8) is 0 Å². The molecule has 4 N–H and O–H groups in total. The number of nitrogens with one attached hydrogen (secondary N) is 1. The Hall–Kier alpha value is -6.55. The first-order valence-corrected chi connectivity index (χ1v) is 22.6. The number of hydrogen-bond acceptors (Lipinski definition) is 13. The van der Waals surface area contributed by atoms with Gasteiger partial charge in [0, 0.05) is 87.2 Å². The number of carbonyl (C=O) groups excluding carboxylic acids is 5. The van der Waals surface area contributed by atoms with Gasteiger partial charge in [-0.05, 0) is 112 Å². The number of benzene rings is 3. The van der Waals surface area contributed by atoms with Crippen LogP contribution in [-0.2, 0) is 20.9 Å². The summed E-state index contributed by atoms with van der Waals surface area (Å²) in [5.74, 6) is -1.29. The molecule has 3 aromatic carbocycles. The number of hydrogen-bond donors (Lipinski definition) is 3. The molecule has 16 heteroatoms. The number of aromatic hydroxyl groups is 1. The number of piperazine rings is 1. The van der Waals surface area contributed by atoms with Crippen molar-refractivity contribution in [2.75, 3.05) is 66.7 Å². The Morgan fingerprint density at radius 2 is 1.50 bits per heavy atom. The highest BCUT2D eigenvalue weighted by molar-refractivity contribution is 6.23. The predicted octanol–water partition coefficient (Wildman–Crippen LogP) is 4.03. The van der Waals surface area contributed by atoms with Crippen molar-refractivity contribution in [3.05, 3.63) is 89.5 Å². The Balaban J connectivity index is 0.706. The monoisotopic (exact) mass is 866 g/mol. The molecule has 0 spiro atoms. The van der Waals surface area contributed by atoms with Gasteiger partial charge in [0.25, 0.3) is 11.8 Å². The minimum atomic E-state index is -0.996. The molecule has 5 saturated heterocycles. The molecule has 3 atom stereocenters. The maximum absolute atomic E-state index is 13.9. The number of amides is 5. The lowest BCUT2D eigenvalue weighted by atomic mass is 9.93. The molecule has 7 heterocycles. The number of imide groups is 2. The van der Waals surface area contributed by atoms with Crippen LogP contribution in [0.2, 0.25) is 0 Å². The van der Waals surface area contributed by atoms with Gasteiger partial charge in [0.2, 0.25) is 17.7 Å². The van der Waals surface area contributed by atoms with Crippen LogP contribution in [0, 0.1) is 5.92 Å². The third-order valence-electron chi connectivity index (χ3n) is 14.5. The number of carbonyl (C=O) groups is 5. The molecule has 0 saturated carbocycles. The number of phenolic OH excluding ortho intramolecular Hbond substituents is 1. The van der Waals surface area contributed by atoms with Crippen LogP contribution in [0.3, 0.4) is 0 Å². The van der Waals surface area contributed by atoms with E-state index in [9.17, 15) is 29.1 Å². The van der Waals surface area contributed by atoms with Gasteiger partial charge in [0.15, 0.2) is 5.82 Å². The van der Waals surface area contributed by atoms with E-state index in [1.54, 1.807) is 24.3 Å². The third-order valence-corrected chi connectivity index (χ3v) is 14.5. The van der Waals surface area contributed by atoms with Gasteiger partial charge in [-0.15, -0.1) is 10.2 Å². The number of anilines is 4. The number of aromatic nitrogens is 2. The van der Waals surface area contributed by atoms with Crippen molar-refractivity contribution in [1.29, 1.82) is 0 Å². The first-order chi connectivity index (χ1) is 31.0. The molecule has 5 amide bonds. The number of para-hydroxylation sites is 1. The molecule has 2 bridgehead atoms. The Kier molecular flexibility index (Phi) is 10.9. The average Bonchev–Trinajstić information content (AvgIpc) is 3.72. The van der Waals surface area contributed by atoms with E-state index < -0.39 is 29.7 Å². The van der Waals surface area contributed by atoms with E-state index in [2.05, 4.69) is 59.4 Å². The summed E-state index contributed by atoms with van der Waals surface area (Å²) in [4.78, 5) is 77.1. The lowest BCUT2D eigenvalue weighted by Gasteiger charge is -2.43. The van der Waals surface area contributed by atoms with Crippen LogP contribution in [0.5, 0.6) is 5.75 Å². The predicted molar refractivity (Wildman–Crippen MR) is 241 cm³/mol. The van der Waals surface area contributed by atoms with Crippen LogP contribution < -0.4 is 25.8 Å². The standard InChI is InChI=1S/C48H54N10O6/c1-53(31-17-21-55(22-18-31)32-11-12-36-38(24-32)48(64)58(47(36)63)40-13-14-43(60)50-45(40)61)46(62)30-15-19-54(20-16-30)26-29-5-4-6-33(23-29)57-34-9-10-35(57)28-56(27-34)41-25-39(51-52-44(41)49)37-7-2-3-8-42(37)59/h2-8,11-12,23-25,30-31,34-35,40,59H,9-10,13-22,26-28H2,1H3,(H2,49,52)(H,50,60,61). The van der Waals surface area contributed by atoms with Gasteiger partial charge in [-0.2, -0.15) is 0 Å². The molecule has 6 aliphatic rings. The van der Waals surface area contributed by atoms with Crippen LogP contribution >= 0.6 is 0 Å². The summed E-state index contributed by atoms with van der Waals surface area (Å²) in [7, 11) is 1.94. The summed E-state index contributed by atoms with van der Waals surface area (Å²) >= 11 is 0. The largest absolute Gasteiger partial charge is 0.507 e. The summed E-state index contributed by atoms with van der Waals surface area (Å²) in [6.07, 6.45) is 5.61. The smallest absolute Gasteiger partial charge is 0.262 e. The molecular weight excluding hydrogens is 813 g/mol. The fraction of sp³-hybridized carbons (Fsp3) is 0.438. The number of likely N-dealkylation sites (tertiary alicyclic amines) is 1. The van der Waals surface area contributed by atoms with E-state index in [1.165, 1.54) is 11.3 Å². The summed E-state index contributed by atoms with van der Waals surface area (Å²) in [5, 5.41) is 21.3. The summed E-state index contributed by atoms with van der Waals surface area (Å²) in [5.41, 5.74) is 12.4. The number of phenols is 1. The van der Waals surface area contributed by atoms with E-state index in [-0.39, 0.29) is 47.6 Å². The van der Waals surface area contributed by atoms with Gasteiger partial charge >= 0.3 is 0 Å². The normalized spacial score (nSPS) is 23.2. The molecule has 10 rings (SSSR count). The fourth-order valence-corrected chi connectivity index (χ4v) is 11.0. The second-order valence-electron chi connectivity index (χ2n) is 18.3. The molecule has 332 valence electrons. The molecule has 5 fully saturated rings. The van der Waals surface area contributed by atoms with Gasteiger partial charge in [0.1, 0.15) is 11.8 Å². The summed E-state index contributed by atoms with van der Waals surface area (Å²) in [6, 6.07) is 23.0. The molecule has 0 radical (unpaired) electrons. The van der Waals surface area contributed by atoms with E-state index in [0.29, 0.717) is 42.2 Å². The molecule has 16 nitrogen and oxygen atoms in total. The first-order valence-electron chi connectivity index (χ1n) is 22.6. The molecule has 4 aromatic rings. The van der Waals surface area contributed by atoms with Gasteiger partial charge in [-0.25, -0.2) is 0 Å². The summed E-state index contributed by atoms with van der Waals surface area (Å²) in [6.45, 7) is 5.61. The zero-order valence-electron chi connectivity index (χ0n) is 36.1. The van der Waals surface area contributed by atoms with E-state index in [4.69, 9.17) is 5.73 Å². The minimum Gasteiger partial charge on any atom is -0.507 e. The Bertz CT molecular complexity index is 2500. The second kappa shape index (κ2) is 16.9. The zero-order valence-corrected chi connectivity index (χ0v) is 36.1. The van der Waals surface area contributed by atoms with Crippen LogP contribution in [0.15, 0.2) is 72.8 Å². The molecular formula is C48H54N10O6. The number of fused-ring (bicyclic) bond motifs is 3. The molecule has 1 aromatic heterocycles. The summed E-state index contributed by atoms with van der Waals surface area (Å²) < 4.78 is 0. The third kappa shape index (κ3) is 7.67. The van der Waals surface area contributed by atoms with Gasteiger partial charge in [-0.3, -0.25) is 39.1 Å². The quantitative estimate of drug-likeness (QED) is 0.205. The van der Waals surface area contributed by atoms with Crippen LogP contribution in [0.25, 0.3) is 11.3 Å². The Morgan fingerprint density at radius 3 is 2.23 bits per heavy atom. The topological polar surface area (TPSA) is 189 Å². The van der Waals surface area contributed by atoms with Crippen molar-refractivity contribution in [3.8, 4) is 17.0 Å². The lowest BCUT2D eigenvalue weighted by molar-refractivity contribution is -0.138. The van der Waals surface area contributed by atoms with Crippen molar-refractivity contribution < 1.29 is 29.1 Å². The Morgan fingerprint density at radius 1 is 0.766 bits per heavy atom. The van der Waals surface area contributed by atoms with Crippen LogP contribution in [-0.4, -0.2) is 130 Å².